The van der Waals surface area contributed by atoms with E-state index in [1.165, 1.54) is 6.33 Å². The van der Waals surface area contributed by atoms with Gasteiger partial charge in [-0.15, -0.1) is 0 Å². The molecule has 152 valence electrons. The first-order valence-electron chi connectivity index (χ1n) is 8.83. The van der Waals surface area contributed by atoms with Gasteiger partial charge in [0.1, 0.15) is 17.7 Å². The maximum Gasteiger partial charge on any atom is 0.408 e. The van der Waals surface area contributed by atoms with Gasteiger partial charge in [0, 0.05) is 12.6 Å². The molecule has 0 aromatic carbocycles. The lowest BCUT2D eigenvalue weighted by molar-refractivity contribution is -0.142. The molecule has 1 rings (SSSR count). The molecule has 1 aromatic rings. The number of carbonyl (C=O) groups is 3. The van der Waals surface area contributed by atoms with Crippen LogP contribution in [0.15, 0.2) is 12.5 Å². The van der Waals surface area contributed by atoms with Gasteiger partial charge >= 0.3 is 12.1 Å². The number of carboxylic acid groups (broad SMARTS) is 1. The largest absolute Gasteiger partial charge is 0.480 e. The van der Waals surface area contributed by atoms with Crippen LogP contribution in [0.5, 0.6) is 0 Å². The van der Waals surface area contributed by atoms with Gasteiger partial charge in [0.25, 0.3) is 0 Å². The quantitative estimate of drug-likeness (QED) is 0.369. The number of unbranched alkanes of at least 4 members (excludes halogenated alkanes) is 1. The number of amides is 2. The van der Waals surface area contributed by atoms with Gasteiger partial charge < -0.3 is 31.2 Å². The highest BCUT2D eigenvalue weighted by atomic mass is 16.6. The molecule has 1 unspecified atom stereocenters. The van der Waals surface area contributed by atoms with Crippen molar-refractivity contribution in [3.05, 3.63) is 18.2 Å². The van der Waals surface area contributed by atoms with Gasteiger partial charge in [-0.05, 0) is 46.6 Å². The lowest BCUT2D eigenvalue weighted by atomic mass is 10.1. The number of hydrogen-bond acceptors (Lipinski definition) is 6. The van der Waals surface area contributed by atoms with Crippen molar-refractivity contribution in [2.75, 3.05) is 6.54 Å². The van der Waals surface area contributed by atoms with Gasteiger partial charge in [-0.25, -0.2) is 14.6 Å². The molecule has 1 aromatic heterocycles. The van der Waals surface area contributed by atoms with Crippen molar-refractivity contribution < 1.29 is 24.2 Å². The molecule has 0 bridgehead atoms. The number of nitrogens with one attached hydrogen (secondary N) is 3. The molecule has 10 nitrogen and oxygen atoms in total. The average molecular weight is 383 g/mol. The third-order valence-corrected chi connectivity index (χ3v) is 3.54. The van der Waals surface area contributed by atoms with Crippen LogP contribution in [0.2, 0.25) is 0 Å². The third-order valence-electron chi connectivity index (χ3n) is 3.54. The molecule has 1 heterocycles. The van der Waals surface area contributed by atoms with Gasteiger partial charge in [0.2, 0.25) is 5.91 Å². The zero-order valence-corrected chi connectivity index (χ0v) is 15.9. The molecule has 6 N–H and O–H groups in total. The number of imidazole rings is 1. The van der Waals surface area contributed by atoms with E-state index in [2.05, 4.69) is 20.6 Å². The number of carboxylic acids is 1. The minimum atomic E-state index is -1.19. The van der Waals surface area contributed by atoms with Gasteiger partial charge in [-0.3, -0.25) is 4.79 Å². The average Bonchev–Trinajstić information content (AvgIpc) is 3.04. The second kappa shape index (κ2) is 10.5. The fraction of sp³-hybridized carbons (Fsp3) is 0.647. The molecular weight excluding hydrogens is 354 g/mol. The predicted molar refractivity (Wildman–Crippen MR) is 97.9 cm³/mol. The van der Waals surface area contributed by atoms with Gasteiger partial charge in [0.15, 0.2) is 0 Å². The number of rotatable bonds is 10. The van der Waals surface area contributed by atoms with Crippen LogP contribution in [-0.2, 0) is 20.7 Å². The highest BCUT2D eigenvalue weighted by molar-refractivity contribution is 5.89. The van der Waals surface area contributed by atoms with Crippen LogP contribution in [0.25, 0.3) is 0 Å². The zero-order valence-electron chi connectivity index (χ0n) is 15.9. The normalized spacial score (nSPS) is 13.5. The molecule has 0 saturated heterocycles. The van der Waals surface area contributed by atoms with E-state index in [9.17, 15) is 19.5 Å². The molecule has 0 aliphatic carbocycles. The zero-order chi connectivity index (χ0) is 20.4. The van der Waals surface area contributed by atoms with Crippen LogP contribution in [0, 0.1) is 0 Å². The maximum absolute atomic E-state index is 12.6. The summed E-state index contributed by atoms with van der Waals surface area (Å²) in [6.45, 7) is 5.58. The SMILES string of the molecule is CC(C)(C)OC(=O)N[C@@H](CCCCN)C(=O)NC(Cc1c[nH]cn1)C(=O)O. The van der Waals surface area contributed by atoms with Crippen molar-refractivity contribution in [2.24, 2.45) is 5.73 Å². The minimum Gasteiger partial charge on any atom is -0.480 e. The molecule has 0 radical (unpaired) electrons. The van der Waals surface area contributed by atoms with E-state index in [1.807, 2.05) is 0 Å². The number of nitrogens with two attached hydrogens (primary N) is 1. The Kier molecular flexibility index (Phi) is 8.73. The Morgan fingerprint density at radius 2 is 1.96 bits per heavy atom. The molecule has 0 aliphatic heterocycles. The van der Waals surface area contributed by atoms with Gasteiger partial charge in [-0.1, -0.05) is 0 Å². The van der Waals surface area contributed by atoms with Crippen molar-refractivity contribution in [1.29, 1.82) is 0 Å². The topological polar surface area (TPSA) is 159 Å². The van der Waals surface area contributed by atoms with E-state index in [-0.39, 0.29) is 6.42 Å². The summed E-state index contributed by atoms with van der Waals surface area (Å²) in [5.74, 6) is -1.79. The Labute approximate surface area is 158 Å². The summed E-state index contributed by atoms with van der Waals surface area (Å²) >= 11 is 0. The Bertz CT molecular complexity index is 612. The van der Waals surface area contributed by atoms with Crippen molar-refractivity contribution in [3.63, 3.8) is 0 Å². The van der Waals surface area contributed by atoms with E-state index in [0.29, 0.717) is 31.5 Å². The van der Waals surface area contributed by atoms with Crippen LogP contribution in [0.4, 0.5) is 4.79 Å². The second-order valence-electron chi connectivity index (χ2n) is 7.15. The standard InChI is InChI=1S/C17H29N5O5/c1-17(2,3)27-16(26)22-12(6-4-5-7-18)14(23)21-13(15(24)25)8-11-9-19-10-20-11/h9-10,12-13H,4-8,18H2,1-3H3,(H,19,20)(H,21,23)(H,22,26)(H,24,25)/t12-,13?/m0/s1. The van der Waals surface area contributed by atoms with E-state index < -0.39 is 35.7 Å². The van der Waals surface area contributed by atoms with Gasteiger partial charge in [0.05, 0.1) is 12.0 Å². The molecule has 2 atom stereocenters. The number of hydrogen-bond donors (Lipinski definition) is 5. The van der Waals surface area contributed by atoms with Crippen LogP contribution in [0.3, 0.4) is 0 Å². The fourth-order valence-electron chi connectivity index (χ4n) is 2.30. The first kappa shape index (κ1) is 22.4. The summed E-state index contributed by atoms with van der Waals surface area (Å²) in [5, 5.41) is 14.3. The van der Waals surface area contributed by atoms with Gasteiger partial charge in [-0.2, -0.15) is 0 Å². The molecule has 0 saturated carbocycles. The van der Waals surface area contributed by atoms with E-state index >= 15 is 0 Å². The van der Waals surface area contributed by atoms with Crippen molar-refractivity contribution >= 4 is 18.0 Å². The Morgan fingerprint density at radius 3 is 2.48 bits per heavy atom. The second-order valence-corrected chi connectivity index (χ2v) is 7.15. The van der Waals surface area contributed by atoms with Crippen molar-refractivity contribution in [2.45, 2.75) is 64.1 Å². The van der Waals surface area contributed by atoms with E-state index in [4.69, 9.17) is 10.5 Å². The molecule has 10 heteroatoms. The molecular formula is C17H29N5O5. The molecule has 0 fully saturated rings. The van der Waals surface area contributed by atoms with E-state index in [1.54, 1.807) is 27.0 Å². The number of alkyl carbamates (subject to hydrolysis) is 1. The summed E-state index contributed by atoms with van der Waals surface area (Å²) < 4.78 is 5.18. The molecule has 2 amide bonds. The third kappa shape index (κ3) is 9.04. The Morgan fingerprint density at radius 1 is 1.26 bits per heavy atom. The number of carbonyl (C=O) groups excluding carboxylic acids is 2. The summed E-state index contributed by atoms with van der Waals surface area (Å²) in [5.41, 5.74) is 5.26. The first-order chi connectivity index (χ1) is 12.6. The Hall–Kier alpha value is -2.62. The van der Waals surface area contributed by atoms with Crippen molar-refractivity contribution in [3.8, 4) is 0 Å². The molecule has 27 heavy (non-hydrogen) atoms. The summed E-state index contributed by atoms with van der Waals surface area (Å²) in [6.07, 6.45) is 3.85. The number of aromatic amines is 1. The molecule has 0 spiro atoms. The number of H-pyrrole nitrogens is 1. The minimum absolute atomic E-state index is 0.0204. The van der Waals surface area contributed by atoms with Crippen LogP contribution in [-0.4, -0.2) is 57.3 Å². The monoisotopic (exact) mass is 383 g/mol. The first-order valence-corrected chi connectivity index (χ1v) is 8.83. The predicted octanol–water partition coefficient (Wildman–Crippen LogP) is 0.544. The summed E-state index contributed by atoms with van der Waals surface area (Å²) in [4.78, 5) is 42.8. The number of aliphatic carboxylic acids is 1. The lowest BCUT2D eigenvalue weighted by Crippen LogP contribution is -2.52. The summed E-state index contributed by atoms with van der Waals surface area (Å²) in [7, 11) is 0. The van der Waals surface area contributed by atoms with E-state index in [0.717, 1.165) is 0 Å². The smallest absolute Gasteiger partial charge is 0.408 e. The lowest BCUT2D eigenvalue weighted by Gasteiger charge is -2.24. The summed E-state index contributed by atoms with van der Waals surface area (Å²) in [6, 6.07) is -2.09. The highest BCUT2D eigenvalue weighted by Gasteiger charge is 2.28. The maximum atomic E-state index is 12.6. The molecule has 0 aliphatic rings. The Balaban J connectivity index is 2.76. The van der Waals surface area contributed by atoms with Crippen LogP contribution < -0.4 is 16.4 Å². The number of ether oxygens (including phenoxy) is 1. The number of nitrogens with zero attached hydrogens (tertiary/aromatic N) is 1. The fourth-order valence-corrected chi connectivity index (χ4v) is 2.30. The van der Waals surface area contributed by atoms with Crippen LogP contribution >= 0.6 is 0 Å². The highest BCUT2D eigenvalue weighted by Crippen LogP contribution is 2.09. The van der Waals surface area contributed by atoms with Crippen molar-refractivity contribution in [1.82, 2.24) is 20.6 Å². The number of aromatic nitrogens is 2. The van der Waals surface area contributed by atoms with Crippen LogP contribution in [0.1, 0.15) is 45.7 Å².